The Labute approximate surface area is 193 Å². The fourth-order valence-corrected chi connectivity index (χ4v) is 4.55. The Morgan fingerprint density at radius 3 is 2.70 bits per heavy atom. The van der Waals surface area contributed by atoms with Gasteiger partial charge in [0, 0.05) is 38.9 Å². The van der Waals surface area contributed by atoms with Gasteiger partial charge in [0.1, 0.15) is 5.76 Å². The number of carbonyl (C=O) groups excluding carboxylic acids is 1. The number of ether oxygens (including phenoxy) is 1. The molecule has 0 aliphatic carbocycles. The summed E-state index contributed by atoms with van der Waals surface area (Å²) in [5.74, 6) is 0.660. The van der Waals surface area contributed by atoms with Crippen molar-refractivity contribution in [3.8, 4) is 11.3 Å². The molecule has 4 heterocycles. The number of H-pyrrole nitrogens is 1. The Kier molecular flexibility index (Phi) is 6.73. The molecule has 33 heavy (non-hydrogen) atoms. The third-order valence-corrected chi connectivity index (χ3v) is 6.44. The standard InChI is InChI=1S/C25H31N5O3/c31-25(24-7-6-23(33-24)20-17-26-27-18-20)28-21-16-19(8-11-29-12-14-32-15-13-29)4-5-22(21)30-9-2-1-3-10-30/h4-7,16-18H,1-3,8-15H2,(H,26,27)(H,28,31). The quantitative estimate of drug-likeness (QED) is 0.571. The van der Waals surface area contributed by atoms with Gasteiger partial charge in [-0.3, -0.25) is 14.8 Å². The molecule has 2 N–H and O–H groups in total. The van der Waals surface area contributed by atoms with Crippen LogP contribution in [0.5, 0.6) is 0 Å². The van der Waals surface area contributed by atoms with Crippen LogP contribution in [0.15, 0.2) is 47.1 Å². The molecule has 0 radical (unpaired) electrons. The van der Waals surface area contributed by atoms with E-state index in [0.717, 1.165) is 69.3 Å². The van der Waals surface area contributed by atoms with Gasteiger partial charge in [-0.1, -0.05) is 6.07 Å². The number of aromatic nitrogens is 2. The molecule has 0 bridgehead atoms. The second-order valence-corrected chi connectivity index (χ2v) is 8.71. The highest BCUT2D eigenvalue weighted by atomic mass is 16.5. The molecule has 2 aliphatic rings. The minimum Gasteiger partial charge on any atom is -0.451 e. The number of piperidine rings is 1. The van der Waals surface area contributed by atoms with Crippen molar-refractivity contribution in [1.82, 2.24) is 15.1 Å². The molecule has 0 unspecified atom stereocenters. The number of hydrogen-bond acceptors (Lipinski definition) is 6. The van der Waals surface area contributed by atoms with Crippen LogP contribution in [0.4, 0.5) is 11.4 Å². The van der Waals surface area contributed by atoms with Crippen molar-refractivity contribution >= 4 is 17.3 Å². The van der Waals surface area contributed by atoms with Crippen LogP contribution in [-0.2, 0) is 11.2 Å². The molecule has 174 valence electrons. The molecular weight excluding hydrogens is 418 g/mol. The summed E-state index contributed by atoms with van der Waals surface area (Å²) in [5, 5.41) is 9.84. The number of amides is 1. The van der Waals surface area contributed by atoms with Crippen LogP contribution in [0.3, 0.4) is 0 Å². The predicted molar refractivity (Wildman–Crippen MR) is 128 cm³/mol. The lowest BCUT2D eigenvalue weighted by molar-refractivity contribution is 0.0384. The van der Waals surface area contributed by atoms with Crippen LogP contribution >= 0.6 is 0 Å². The first kappa shape index (κ1) is 21.7. The molecule has 8 nitrogen and oxygen atoms in total. The molecule has 0 saturated carbocycles. The largest absolute Gasteiger partial charge is 0.451 e. The molecule has 2 aromatic heterocycles. The average molecular weight is 450 g/mol. The van der Waals surface area contributed by atoms with Crippen LogP contribution in [0.25, 0.3) is 11.3 Å². The van der Waals surface area contributed by atoms with E-state index in [1.807, 2.05) is 0 Å². The molecule has 2 saturated heterocycles. The van der Waals surface area contributed by atoms with Crippen LogP contribution in [0.1, 0.15) is 35.4 Å². The van der Waals surface area contributed by atoms with Gasteiger partial charge in [0.15, 0.2) is 5.76 Å². The molecule has 1 amide bonds. The Morgan fingerprint density at radius 1 is 1.06 bits per heavy atom. The van der Waals surface area contributed by atoms with Crippen LogP contribution < -0.4 is 10.2 Å². The summed E-state index contributed by atoms with van der Waals surface area (Å²) in [4.78, 5) is 17.9. The third-order valence-electron chi connectivity index (χ3n) is 6.44. The fraction of sp³-hybridized carbons (Fsp3) is 0.440. The third kappa shape index (κ3) is 5.29. The maximum Gasteiger partial charge on any atom is 0.291 e. The molecule has 0 atom stereocenters. The zero-order chi connectivity index (χ0) is 22.5. The second kappa shape index (κ2) is 10.2. The van der Waals surface area contributed by atoms with Crippen molar-refractivity contribution < 1.29 is 13.9 Å². The van der Waals surface area contributed by atoms with E-state index in [4.69, 9.17) is 9.15 Å². The van der Waals surface area contributed by atoms with E-state index in [1.54, 1.807) is 24.5 Å². The highest BCUT2D eigenvalue weighted by molar-refractivity contribution is 6.04. The van der Waals surface area contributed by atoms with Crippen molar-refractivity contribution in [2.75, 3.05) is 56.2 Å². The molecule has 2 aliphatic heterocycles. The number of nitrogens with zero attached hydrogens (tertiary/aromatic N) is 3. The first-order valence-corrected chi connectivity index (χ1v) is 11.8. The Hall–Kier alpha value is -3.10. The lowest BCUT2D eigenvalue weighted by Gasteiger charge is -2.31. The smallest absolute Gasteiger partial charge is 0.291 e. The molecule has 1 aromatic carbocycles. The first-order chi connectivity index (χ1) is 16.3. The molecule has 0 spiro atoms. The maximum atomic E-state index is 13.1. The highest BCUT2D eigenvalue weighted by Crippen LogP contribution is 2.31. The number of furan rings is 1. The fourth-order valence-electron chi connectivity index (χ4n) is 4.55. The van der Waals surface area contributed by atoms with Gasteiger partial charge in [-0.2, -0.15) is 5.10 Å². The maximum absolute atomic E-state index is 13.1. The van der Waals surface area contributed by atoms with Crippen molar-refractivity contribution in [2.45, 2.75) is 25.7 Å². The number of hydrogen-bond donors (Lipinski definition) is 2. The van der Waals surface area contributed by atoms with Crippen molar-refractivity contribution in [3.63, 3.8) is 0 Å². The van der Waals surface area contributed by atoms with Gasteiger partial charge >= 0.3 is 0 Å². The number of nitrogens with one attached hydrogen (secondary N) is 2. The van der Waals surface area contributed by atoms with Gasteiger partial charge in [-0.15, -0.1) is 0 Å². The summed E-state index contributed by atoms with van der Waals surface area (Å²) in [6, 6.07) is 9.99. The van der Waals surface area contributed by atoms with E-state index in [2.05, 4.69) is 43.5 Å². The van der Waals surface area contributed by atoms with Gasteiger partial charge in [0.05, 0.1) is 36.3 Å². The normalized spacial score (nSPS) is 17.3. The molecule has 3 aromatic rings. The SMILES string of the molecule is O=C(Nc1cc(CCN2CCOCC2)ccc1N1CCCCC1)c1ccc(-c2cn[nH]c2)o1. The zero-order valence-electron chi connectivity index (χ0n) is 18.9. The lowest BCUT2D eigenvalue weighted by Crippen LogP contribution is -2.37. The number of benzene rings is 1. The number of rotatable bonds is 7. The van der Waals surface area contributed by atoms with Gasteiger partial charge in [-0.05, 0) is 55.5 Å². The summed E-state index contributed by atoms with van der Waals surface area (Å²) < 4.78 is 11.3. The summed E-state index contributed by atoms with van der Waals surface area (Å²) in [5.41, 5.74) is 3.96. The summed E-state index contributed by atoms with van der Waals surface area (Å²) in [6.07, 6.45) is 7.98. The van der Waals surface area contributed by atoms with Gasteiger partial charge in [0.25, 0.3) is 5.91 Å². The van der Waals surface area contributed by atoms with E-state index in [9.17, 15) is 4.79 Å². The predicted octanol–water partition coefficient (Wildman–Crippen LogP) is 3.79. The van der Waals surface area contributed by atoms with Crippen molar-refractivity contribution in [2.24, 2.45) is 0 Å². The molecule has 2 fully saturated rings. The Bertz CT molecular complexity index is 1050. The summed E-state index contributed by atoms with van der Waals surface area (Å²) in [7, 11) is 0. The summed E-state index contributed by atoms with van der Waals surface area (Å²) >= 11 is 0. The summed E-state index contributed by atoms with van der Waals surface area (Å²) in [6.45, 7) is 6.59. The minimum absolute atomic E-state index is 0.242. The Balaban J connectivity index is 1.34. The van der Waals surface area contributed by atoms with Gasteiger partial charge in [-0.25, -0.2) is 0 Å². The zero-order valence-corrected chi connectivity index (χ0v) is 18.9. The van der Waals surface area contributed by atoms with Crippen LogP contribution in [0.2, 0.25) is 0 Å². The molecule has 5 rings (SSSR count). The van der Waals surface area contributed by atoms with E-state index in [0.29, 0.717) is 5.76 Å². The van der Waals surface area contributed by atoms with E-state index >= 15 is 0 Å². The minimum atomic E-state index is -0.242. The van der Waals surface area contributed by atoms with Crippen LogP contribution in [0, 0.1) is 0 Å². The topological polar surface area (TPSA) is 86.6 Å². The second-order valence-electron chi connectivity index (χ2n) is 8.71. The number of morpholine rings is 1. The number of carbonyl (C=O) groups is 1. The monoisotopic (exact) mass is 449 g/mol. The highest BCUT2D eigenvalue weighted by Gasteiger charge is 2.19. The molecular formula is C25H31N5O3. The van der Waals surface area contributed by atoms with E-state index in [1.165, 1.54) is 24.8 Å². The Morgan fingerprint density at radius 2 is 1.91 bits per heavy atom. The number of anilines is 2. The number of aromatic amines is 1. The van der Waals surface area contributed by atoms with Gasteiger partial charge in [0.2, 0.25) is 0 Å². The van der Waals surface area contributed by atoms with E-state index < -0.39 is 0 Å². The average Bonchev–Trinajstić information content (AvgIpc) is 3.56. The van der Waals surface area contributed by atoms with E-state index in [-0.39, 0.29) is 11.7 Å². The molecule has 8 heteroatoms. The first-order valence-electron chi connectivity index (χ1n) is 11.8. The van der Waals surface area contributed by atoms with Gasteiger partial charge < -0.3 is 19.4 Å². The van der Waals surface area contributed by atoms with Crippen LogP contribution in [-0.4, -0.2) is 66.9 Å². The lowest BCUT2D eigenvalue weighted by atomic mass is 10.1. The van der Waals surface area contributed by atoms with Crippen molar-refractivity contribution in [1.29, 1.82) is 0 Å². The van der Waals surface area contributed by atoms with Crippen molar-refractivity contribution in [3.05, 3.63) is 54.0 Å².